The second-order valence-electron chi connectivity index (χ2n) is 5.27. The lowest BCUT2D eigenvalue weighted by molar-refractivity contribution is 0.0523. The number of ether oxygens (including phenoxy) is 2. The Labute approximate surface area is 130 Å². The van der Waals surface area contributed by atoms with Crippen molar-refractivity contribution in [3.8, 4) is 11.5 Å². The molecule has 0 aliphatic carbocycles. The number of nitrogens with one attached hydrogen (secondary N) is 1. The van der Waals surface area contributed by atoms with Gasteiger partial charge in [0.2, 0.25) is 0 Å². The molecule has 0 spiro atoms. The summed E-state index contributed by atoms with van der Waals surface area (Å²) in [5.41, 5.74) is 0.852. The first-order valence-corrected chi connectivity index (χ1v) is 7.34. The van der Waals surface area contributed by atoms with Gasteiger partial charge in [0, 0.05) is 23.2 Å². The van der Waals surface area contributed by atoms with E-state index in [4.69, 9.17) is 26.2 Å². The first-order valence-electron chi connectivity index (χ1n) is 6.96. The predicted molar refractivity (Wildman–Crippen MR) is 83.1 cm³/mol. The molecule has 0 aliphatic rings. The number of rotatable bonds is 9. The van der Waals surface area contributed by atoms with Gasteiger partial charge in [-0.05, 0) is 18.5 Å². The largest absolute Gasteiger partial charge is 0.493 e. The molecule has 3 N–H and O–H groups in total. The molecular formula is C15H24ClNO4. The number of aliphatic hydroxyl groups excluding tert-OH is 2. The number of hydrogen-bond acceptors (Lipinski definition) is 5. The fourth-order valence-electron chi connectivity index (χ4n) is 1.80. The van der Waals surface area contributed by atoms with E-state index >= 15 is 0 Å². The molecule has 1 atom stereocenters. The Morgan fingerprint density at radius 1 is 1.33 bits per heavy atom. The smallest absolute Gasteiger partial charge is 0.165 e. The van der Waals surface area contributed by atoms with Crippen LogP contribution in [-0.2, 0) is 6.54 Å². The van der Waals surface area contributed by atoms with E-state index in [-0.39, 0.29) is 13.2 Å². The van der Waals surface area contributed by atoms with Crippen molar-refractivity contribution in [1.82, 2.24) is 5.32 Å². The van der Waals surface area contributed by atoms with Gasteiger partial charge in [-0.1, -0.05) is 25.4 Å². The molecular weight excluding hydrogens is 294 g/mol. The van der Waals surface area contributed by atoms with E-state index in [0.717, 1.165) is 12.1 Å². The van der Waals surface area contributed by atoms with Crippen LogP contribution in [0.5, 0.6) is 11.5 Å². The predicted octanol–water partition coefficient (Wildman–Crippen LogP) is 1.83. The lowest BCUT2D eigenvalue weighted by Crippen LogP contribution is -2.23. The Hall–Kier alpha value is -1.01. The van der Waals surface area contributed by atoms with E-state index in [2.05, 4.69) is 19.2 Å². The van der Waals surface area contributed by atoms with Crippen LogP contribution in [0.3, 0.4) is 0 Å². The Morgan fingerprint density at radius 2 is 2.05 bits per heavy atom. The highest BCUT2D eigenvalue weighted by molar-refractivity contribution is 6.30. The summed E-state index contributed by atoms with van der Waals surface area (Å²) in [6.07, 6.45) is -0.929. The van der Waals surface area contributed by atoms with Crippen molar-refractivity contribution in [2.75, 3.05) is 26.9 Å². The van der Waals surface area contributed by atoms with Gasteiger partial charge in [0.15, 0.2) is 11.5 Å². The highest BCUT2D eigenvalue weighted by Crippen LogP contribution is 2.34. The van der Waals surface area contributed by atoms with Crippen LogP contribution in [-0.4, -0.2) is 43.2 Å². The van der Waals surface area contributed by atoms with Crippen molar-refractivity contribution in [2.24, 2.45) is 5.92 Å². The van der Waals surface area contributed by atoms with Gasteiger partial charge >= 0.3 is 0 Å². The van der Waals surface area contributed by atoms with E-state index < -0.39 is 6.10 Å². The lowest BCUT2D eigenvalue weighted by Gasteiger charge is -2.18. The maximum Gasteiger partial charge on any atom is 0.165 e. The van der Waals surface area contributed by atoms with Crippen molar-refractivity contribution in [3.63, 3.8) is 0 Å². The minimum Gasteiger partial charge on any atom is -0.493 e. The molecule has 1 rings (SSSR count). The van der Waals surface area contributed by atoms with Crippen LogP contribution in [0.1, 0.15) is 19.4 Å². The third-order valence-corrected chi connectivity index (χ3v) is 3.03. The molecule has 5 nitrogen and oxygen atoms in total. The topological polar surface area (TPSA) is 71.0 Å². The molecule has 0 bridgehead atoms. The Morgan fingerprint density at radius 3 is 2.62 bits per heavy atom. The zero-order chi connectivity index (χ0) is 15.8. The van der Waals surface area contributed by atoms with Crippen LogP contribution >= 0.6 is 11.6 Å². The van der Waals surface area contributed by atoms with E-state index in [1.165, 1.54) is 7.11 Å². The maximum absolute atomic E-state index is 9.42. The van der Waals surface area contributed by atoms with E-state index in [9.17, 15) is 5.11 Å². The summed E-state index contributed by atoms with van der Waals surface area (Å²) in [5, 5.41) is 22.2. The summed E-state index contributed by atoms with van der Waals surface area (Å²) in [4.78, 5) is 0. The molecule has 0 aromatic heterocycles. The second kappa shape index (κ2) is 9.10. The molecule has 0 aliphatic heterocycles. The highest BCUT2D eigenvalue weighted by Gasteiger charge is 2.14. The number of methoxy groups -OCH3 is 1. The summed E-state index contributed by atoms with van der Waals surface area (Å²) in [7, 11) is 1.53. The van der Waals surface area contributed by atoms with Gasteiger partial charge in [0.05, 0.1) is 13.7 Å². The van der Waals surface area contributed by atoms with Gasteiger partial charge in [-0.2, -0.15) is 0 Å². The number of halogens is 1. The third-order valence-electron chi connectivity index (χ3n) is 2.82. The van der Waals surface area contributed by atoms with Gasteiger partial charge in [-0.25, -0.2) is 0 Å². The molecule has 120 valence electrons. The number of aliphatic hydroxyl groups is 2. The molecule has 1 unspecified atom stereocenters. The Kier molecular flexibility index (Phi) is 7.82. The van der Waals surface area contributed by atoms with Crippen molar-refractivity contribution >= 4 is 11.6 Å². The standard InChI is InChI=1S/C15H24ClNO4/c1-10(2)6-17-7-11-4-12(16)5-14(20-3)15(11)21-9-13(19)8-18/h4-5,10,13,17-19H,6-9H2,1-3H3. The van der Waals surface area contributed by atoms with Gasteiger partial charge in [-0.15, -0.1) is 0 Å². The molecule has 1 aromatic carbocycles. The molecule has 0 radical (unpaired) electrons. The Bertz CT molecular complexity index is 440. The van der Waals surface area contributed by atoms with Crippen LogP contribution in [0.4, 0.5) is 0 Å². The zero-order valence-electron chi connectivity index (χ0n) is 12.7. The molecule has 1 aromatic rings. The molecule has 0 saturated carbocycles. The summed E-state index contributed by atoms with van der Waals surface area (Å²) >= 11 is 6.08. The van der Waals surface area contributed by atoms with Gasteiger partial charge in [-0.3, -0.25) is 0 Å². The number of hydrogen-bond donors (Lipinski definition) is 3. The van der Waals surface area contributed by atoms with Crippen molar-refractivity contribution < 1.29 is 19.7 Å². The first-order chi connectivity index (χ1) is 9.97. The minimum atomic E-state index is -0.929. The summed E-state index contributed by atoms with van der Waals surface area (Å²) in [5.74, 6) is 1.58. The summed E-state index contributed by atoms with van der Waals surface area (Å²) < 4.78 is 10.9. The average molecular weight is 318 g/mol. The highest BCUT2D eigenvalue weighted by atomic mass is 35.5. The quantitative estimate of drug-likeness (QED) is 0.648. The Balaban J connectivity index is 2.88. The summed E-state index contributed by atoms with van der Waals surface area (Å²) in [6, 6.07) is 3.46. The number of benzene rings is 1. The fraction of sp³-hybridized carbons (Fsp3) is 0.600. The van der Waals surface area contributed by atoms with Crippen LogP contribution in [0.2, 0.25) is 5.02 Å². The average Bonchev–Trinajstić information content (AvgIpc) is 2.44. The lowest BCUT2D eigenvalue weighted by atomic mass is 10.1. The van der Waals surface area contributed by atoms with Gasteiger partial charge in [0.1, 0.15) is 12.7 Å². The maximum atomic E-state index is 9.42. The van der Waals surface area contributed by atoms with Crippen LogP contribution in [0, 0.1) is 5.92 Å². The first kappa shape index (κ1) is 18.0. The molecule has 21 heavy (non-hydrogen) atoms. The van der Waals surface area contributed by atoms with E-state index in [1.807, 2.05) is 0 Å². The van der Waals surface area contributed by atoms with Crippen molar-refractivity contribution in [2.45, 2.75) is 26.5 Å². The normalized spacial score (nSPS) is 12.5. The molecule has 0 fully saturated rings. The van der Waals surface area contributed by atoms with Crippen LogP contribution in [0.25, 0.3) is 0 Å². The van der Waals surface area contributed by atoms with Crippen LogP contribution in [0.15, 0.2) is 12.1 Å². The zero-order valence-corrected chi connectivity index (χ0v) is 13.5. The van der Waals surface area contributed by atoms with Gasteiger partial charge in [0.25, 0.3) is 0 Å². The van der Waals surface area contributed by atoms with Crippen LogP contribution < -0.4 is 14.8 Å². The molecule has 0 saturated heterocycles. The van der Waals surface area contributed by atoms with E-state index in [0.29, 0.717) is 29.0 Å². The SMILES string of the molecule is COc1cc(Cl)cc(CNCC(C)C)c1OCC(O)CO. The monoisotopic (exact) mass is 317 g/mol. The second-order valence-corrected chi connectivity index (χ2v) is 5.70. The molecule has 6 heteroatoms. The van der Waals surface area contributed by atoms with E-state index in [1.54, 1.807) is 12.1 Å². The van der Waals surface area contributed by atoms with Gasteiger partial charge < -0.3 is 25.0 Å². The van der Waals surface area contributed by atoms with Crippen molar-refractivity contribution in [1.29, 1.82) is 0 Å². The fourth-order valence-corrected chi connectivity index (χ4v) is 2.03. The third kappa shape index (κ3) is 6.09. The summed E-state index contributed by atoms with van der Waals surface area (Å²) in [6.45, 7) is 5.34. The minimum absolute atomic E-state index is 0.00826. The molecule has 0 amide bonds. The molecule has 0 heterocycles. The van der Waals surface area contributed by atoms with Crippen molar-refractivity contribution in [3.05, 3.63) is 22.7 Å².